The quantitative estimate of drug-likeness (QED) is 0.338. The third kappa shape index (κ3) is 5.23. The molecule has 0 saturated carbocycles. The molecule has 0 aliphatic carbocycles. The van der Waals surface area contributed by atoms with Crippen LogP contribution < -0.4 is 5.32 Å². The number of hydrogen-bond donors (Lipinski definition) is 1. The molecule has 0 saturated heterocycles. The zero-order valence-corrected chi connectivity index (χ0v) is 18.9. The van der Waals surface area contributed by atoms with Crippen LogP contribution in [0.1, 0.15) is 17.5 Å². The number of nitriles is 1. The molecule has 2 aromatic heterocycles. The first-order valence-electron chi connectivity index (χ1n) is 9.49. The summed E-state index contributed by atoms with van der Waals surface area (Å²) in [4.78, 5) is 21.4. The van der Waals surface area contributed by atoms with Crippen molar-refractivity contribution in [1.82, 2.24) is 9.97 Å². The molecule has 31 heavy (non-hydrogen) atoms. The maximum atomic E-state index is 12.4. The van der Waals surface area contributed by atoms with Crippen LogP contribution in [0.15, 0.2) is 59.6 Å². The molecular formula is C23H17ClN4OS2. The smallest absolute Gasteiger partial charge is 0.226 e. The number of thiazole rings is 1. The normalized spacial score (nSPS) is 10.7. The van der Waals surface area contributed by atoms with Crippen molar-refractivity contribution in [1.29, 1.82) is 5.26 Å². The lowest BCUT2D eigenvalue weighted by molar-refractivity contribution is -0.115. The van der Waals surface area contributed by atoms with Gasteiger partial charge in [0, 0.05) is 22.8 Å². The molecule has 4 aromatic rings. The van der Waals surface area contributed by atoms with Crippen molar-refractivity contribution in [2.75, 3.05) is 11.1 Å². The highest BCUT2D eigenvalue weighted by molar-refractivity contribution is 7.99. The van der Waals surface area contributed by atoms with Crippen LogP contribution in [-0.2, 0) is 4.79 Å². The number of amides is 1. The van der Waals surface area contributed by atoms with Crippen LogP contribution in [0.4, 0.5) is 5.13 Å². The van der Waals surface area contributed by atoms with E-state index >= 15 is 0 Å². The fourth-order valence-electron chi connectivity index (χ4n) is 2.92. The van der Waals surface area contributed by atoms with E-state index in [1.165, 1.54) is 23.1 Å². The van der Waals surface area contributed by atoms with Gasteiger partial charge in [-0.2, -0.15) is 5.26 Å². The number of aryl methyl sites for hydroxylation is 1. The zero-order chi connectivity index (χ0) is 21.8. The van der Waals surface area contributed by atoms with E-state index in [1.54, 1.807) is 18.2 Å². The Morgan fingerprint density at radius 2 is 1.97 bits per heavy atom. The second kappa shape index (κ2) is 9.48. The fraction of sp³-hybridized carbons (Fsp3) is 0.130. The van der Waals surface area contributed by atoms with Crippen LogP contribution in [0.2, 0.25) is 5.02 Å². The molecule has 2 heterocycles. The minimum Gasteiger partial charge on any atom is -0.302 e. The molecule has 154 valence electrons. The summed E-state index contributed by atoms with van der Waals surface area (Å²) in [5, 5.41) is 14.1. The van der Waals surface area contributed by atoms with Crippen molar-refractivity contribution >= 4 is 56.0 Å². The number of rotatable bonds is 6. The largest absolute Gasteiger partial charge is 0.302 e. The van der Waals surface area contributed by atoms with E-state index in [9.17, 15) is 10.1 Å². The van der Waals surface area contributed by atoms with Crippen molar-refractivity contribution < 1.29 is 4.79 Å². The van der Waals surface area contributed by atoms with E-state index in [-0.39, 0.29) is 12.3 Å². The molecule has 8 heteroatoms. The number of aromatic nitrogens is 2. The predicted octanol–water partition coefficient (Wildman–Crippen LogP) is 6.31. The number of carbonyl (C=O) groups is 1. The number of halogens is 1. The predicted molar refractivity (Wildman–Crippen MR) is 128 cm³/mol. The molecule has 0 aliphatic rings. The van der Waals surface area contributed by atoms with Gasteiger partial charge in [0.25, 0.3) is 0 Å². The first-order chi connectivity index (χ1) is 15.0. The summed E-state index contributed by atoms with van der Waals surface area (Å²) in [6.45, 7) is 2.03. The molecular weight excluding hydrogens is 448 g/mol. The summed E-state index contributed by atoms with van der Waals surface area (Å²) >= 11 is 8.81. The highest BCUT2D eigenvalue weighted by Gasteiger charge is 2.11. The monoisotopic (exact) mass is 464 g/mol. The van der Waals surface area contributed by atoms with E-state index in [0.29, 0.717) is 26.5 Å². The third-order valence-electron chi connectivity index (χ3n) is 4.48. The molecule has 0 radical (unpaired) electrons. The van der Waals surface area contributed by atoms with Gasteiger partial charge in [-0.1, -0.05) is 41.1 Å². The van der Waals surface area contributed by atoms with E-state index in [2.05, 4.69) is 27.4 Å². The first kappa shape index (κ1) is 21.3. The summed E-state index contributed by atoms with van der Waals surface area (Å²) in [6.07, 6.45) is 0.289. The van der Waals surface area contributed by atoms with Gasteiger partial charge in [0.15, 0.2) is 5.13 Å². The van der Waals surface area contributed by atoms with Crippen molar-refractivity contribution in [2.45, 2.75) is 18.4 Å². The third-order valence-corrected chi connectivity index (χ3v) is 6.66. The average molecular weight is 465 g/mol. The number of thioether (sulfide) groups is 1. The summed E-state index contributed by atoms with van der Waals surface area (Å²) < 4.78 is 1.05. The van der Waals surface area contributed by atoms with Crippen molar-refractivity contribution in [3.8, 4) is 17.3 Å². The maximum absolute atomic E-state index is 12.4. The van der Waals surface area contributed by atoms with Crippen LogP contribution in [0.3, 0.4) is 0 Å². The van der Waals surface area contributed by atoms with Crippen LogP contribution in [0.5, 0.6) is 0 Å². The van der Waals surface area contributed by atoms with Crippen LogP contribution in [0, 0.1) is 18.3 Å². The number of nitrogens with one attached hydrogen (secondary N) is 1. The lowest BCUT2D eigenvalue weighted by Crippen LogP contribution is -2.12. The van der Waals surface area contributed by atoms with Gasteiger partial charge in [-0.3, -0.25) is 4.79 Å². The highest BCUT2D eigenvalue weighted by Crippen LogP contribution is 2.28. The number of carbonyl (C=O) groups excluding carboxylic acids is 1. The average Bonchev–Trinajstić information content (AvgIpc) is 3.15. The van der Waals surface area contributed by atoms with E-state index in [0.717, 1.165) is 27.0 Å². The molecule has 0 fully saturated rings. The topological polar surface area (TPSA) is 78.7 Å². The summed E-state index contributed by atoms with van der Waals surface area (Å²) in [5.41, 5.74) is 4.20. The Kier molecular flexibility index (Phi) is 6.52. The number of benzene rings is 2. The van der Waals surface area contributed by atoms with Gasteiger partial charge in [0.1, 0.15) is 11.1 Å². The fourth-order valence-corrected chi connectivity index (χ4v) is 4.94. The van der Waals surface area contributed by atoms with E-state index in [1.807, 2.05) is 37.3 Å². The van der Waals surface area contributed by atoms with Crippen molar-refractivity contribution in [3.63, 3.8) is 0 Å². The number of anilines is 1. The van der Waals surface area contributed by atoms with Crippen LogP contribution >= 0.6 is 34.7 Å². The highest BCUT2D eigenvalue weighted by atomic mass is 35.5. The summed E-state index contributed by atoms with van der Waals surface area (Å²) in [7, 11) is 0. The molecule has 0 atom stereocenters. The molecule has 0 spiro atoms. The second-order valence-corrected chi connectivity index (χ2v) is 9.36. The van der Waals surface area contributed by atoms with Gasteiger partial charge >= 0.3 is 0 Å². The Balaban J connectivity index is 1.40. The molecule has 5 nitrogen and oxygen atoms in total. The maximum Gasteiger partial charge on any atom is 0.226 e. The van der Waals surface area contributed by atoms with Gasteiger partial charge in [-0.25, -0.2) is 9.97 Å². The van der Waals surface area contributed by atoms with E-state index < -0.39 is 0 Å². The second-order valence-electron chi connectivity index (χ2n) is 6.80. The zero-order valence-electron chi connectivity index (χ0n) is 16.6. The minimum atomic E-state index is -0.115. The van der Waals surface area contributed by atoms with E-state index in [4.69, 9.17) is 11.6 Å². The Labute approximate surface area is 193 Å². The van der Waals surface area contributed by atoms with Crippen LogP contribution in [0.25, 0.3) is 21.5 Å². The van der Waals surface area contributed by atoms with Crippen molar-refractivity contribution in [3.05, 3.63) is 70.7 Å². The Bertz CT molecular complexity index is 1300. The van der Waals surface area contributed by atoms with Gasteiger partial charge in [0.2, 0.25) is 5.91 Å². The van der Waals surface area contributed by atoms with Gasteiger partial charge in [-0.05, 0) is 48.9 Å². The molecule has 1 N–H and O–H groups in total. The van der Waals surface area contributed by atoms with Gasteiger partial charge < -0.3 is 5.32 Å². The molecule has 0 aliphatic heterocycles. The summed E-state index contributed by atoms with van der Waals surface area (Å²) in [6, 6.07) is 19.1. The minimum absolute atomic E-state index is 0.115. The Morgan fingerprint density at radius 3 is 2.74 bits per heavy atom. The number of nitrogens with zero attached hydrogens (tertiary/aromatic N) is 3. The van der Waals surface area contributed by atoms with Gasteiger partial charge in [0.05, 0.1) is 21.5 Å². The number of pyridine rings is 1. The molecule has 4 rings (SSSR count). The first-order valence-corrected chi connectivity index (χ1v) is 11.7. The standard InChI is InChI=1S/C23H17ClN4OS2/c1-14-2-8-19-20(12-14)31-23(27-19)28-21(29)10-11-30-22-16(13-25)5-9-18(26-22)15-3-6-17(24)7-4-15/h2-9,12H,10-11H2,1H3,(H,27,28,29). The SMILES string of the molecule is Cc1ccc2nc(NC(=O)CCSc3nc(-c4ccc(Cl)cc4)ccc3C#N)sc2c1. The number of hydrogen-bond acceptors (Lipinski definition) is 6. The molecule has 0 bridgehead atoms. The number of fused-ring (bicyclic) bond motifs is 1. The molecule has 1 amide bonds. The van der Waals surface area contributed by atoms with Crippen molar-refractivity contribution in [2.24, 2.45) is 0 Å². The molecule has 0 unspecified atom stereocenters. The molecule has 2 aromatic carbocycles. The lowest BCUT2D eigenvalue weighted by atomic mass is 10.1. The lowest BCUT2D eigenvalue weighted by Gasteiger charge is -2.07. The Hall–Kier alpha value is -2.92. The summed E-state index contributed by atoms with van der Waals surface area (Å²) in [5.74, 6) is 0.386. The van der Waals surface area contributed by atoms with Crippen LogP contribution in [-0.4, -0.2) is 21.6 Å². The Morgan fingerprint density at radius 1 is 1.16 bits per heavy atom. The van der Waals surface area contributed by atoms with Gasteiger partial charge in [-0.15, -0.1) is 11.8 Å².